The number of nitrogens with one attached hydrogen (secondary N) is 1. The smallest absolute Gasteiger partial charge is 0.230 e. The number of fused-ring (bicyclic) bond motifs is 2. The molecule has 1 N–H and O–H groups in total. The Kier molecular flexibility index (Phi) is 3.30. The van der Waals surface area contributed by atoms with E-state index in [0.29, 0.717) is 12.0 Å². The minimum Gasteiger partial charge on any atom is -0.339 e. The average Bonchev–Trinajstić information content (AvgIpc) is 3.06. The zero-order valence-corrected chi connectivity index (χ0v) is 13.3. The summed E-state index contributed by atoms with van der Waals surface area (Å²) in [6.45, 7) is 2.13. The second-order valence-electron chi connectivity index (χ2n) is 6.87. The average molecular weight is 297 g/mol. The number of hydrogen-bond donors (Lipinski definition) is 1. The summed E-state index contributed by atoms with van der Waals surface area (Å²) in [5.74, 6) is 2.08. The number of aryl methyl sites for hydroxylation is 1. The molecule has 2 aliphatic carbocycles. The summed E-state index contributed by atoms with van der Waals surface area (Å²) in [4.78, 5) is 4.66. The molecular weight excluding hydrogens is 274 g/mol. The molecule has 1 heterocycles. The van der Waals surface area contributed by atoms with E-state index in [1.54, 1.807) is 0 Å². The van der Waals surface area contributed by atoms with E-state index >= 15 is 0 Å². The van der Waals surface area contributed by atoms with Gasteiger partial charge < -0.3 is 9.84 Å². The quantitative estimate of drug-likeness (QED) is 0.942. The van der Waals surface area contributed by atoms with Crippen LogP contribution in [0.25, 0.3) is 0 Å². The maximum Gasteiger partial charge on any atom is 0.230 e. The van der Waals surface area contributed by atoms with Crippen LogP contribution in [0.5, 0.6) is 0 Å². The van der Waals surface area contributed by atoms with Gasteiger partial charge in [0.15, 0.2) is 5.82 Å². The van der Waals surface area contributed by atoms with E-state index in [0.717, 1.165) is 24.6 Å². The molecule has 1 aromatic carbocycles. The zero-order valence-electron chi connectivity index (χ0n) is 13.3. The van der Waals surface area contributed by atoms with Crippen molar-refractivity contribution in [1.82, 2.24) is 15.5 Å². The predicted octanol–water partition coefficient (Wildman–Crippen LogP) is 2.98. The lowest BCUT2D eigenvalue weighted by Gasteiger charge is -2.25. The van der Waals surface area contributed by atoms with E-state index in [-0.39, 0.29) is 5.41 Å². The Bertz CT molecular complexity index is 680. The number of nitrogens with zero attached hydrogens (tertiary/aromatic N) is 2. The maximum absolute atomic E-state index is 5.59. The number of benzene rings is 1. The van der Waals surface area contributed by atoms with Crippen molar-refractivity contribution in [2.75, 3.05) is 7.05 Å². The molecule has 4 nitrogen and oxygen atoms in total. The van der Waals surface area contributed by atoms with Gasteiger partial charge in [-0.2, -0.15) is 4.98 Å². The van der Waals surface area contributed by atoms with Crippen molar-refractivity contribution in [1.29, 1.82) is 0 Å². The van der Waals surface area contributed by atoms with Crippen molar-refractivity contribution in [3.8, 4) is 0 Å². The lowest BCUT2D eigenvalue weighted by Crippen LogP contribution is -2.24. The minimum atomic E-state index is 0.271. The van der Waals surface area contributed by atoms with Crippen LogP contribution in [0.1, 0.15) is 54.9 Å². The SMILES string of the molecule is CNC(C)Cc1noc(C2CC23CCCc2ccccc23)n1. The summed E-state index contributed by atoms with van der Waals surface area (Å²) < 4.78 is 5.59. The third kappa shape index (κ3) is 2.17. The van der Waals surface area contributed by atoms with Crippen molar-refractivity contribution in [3.05, 3.63) is 47.1 Å². The van der Waals surface area contributed by atoms with Gasteiger partial charge in [-0.1, -0.05) is 29.4 Å². The Morgan fingerprint density at radius 1 is 1.41 bits per heavy atom. The van der Waals surface area contributed by atoms with Crippen LogP contribution in [-0.2, 0) is 18.3 Å². The van der Waals surface area contributed by atoms with Crippen LogP contribution < -0.4 is 5.32 Å². The first-order valence-corrected chi connectivity index (χ1v) is 8.31. The number of aromatic nitrogens is 2. The molecule has 3 unspecified atom stereocenters. The molecule has 0 bridgehead atoms. The molecule has 2 aromatic rings. The molecule has 2 aliphatic rings. The van der Waals surface area contributed by atoms with Crippen LogP contribution in [0, 0.1) is 0 Å². The highest BCUT2D eigenvalue weighted by Crippen LogP contribution is 2.64. The summed E-state index contributed by atoms with van der Waals surface area (Å²) in [6.07, 6.45) is 5.70. The van der Waals surface area contributed by atoms with E-state index in [1.165, 1.54) is 30.4 Å². The Morgan fingerprint density at radius 2 is 2.27 bits per heavy atom. The normalized spacial score (nSPS) is 27.6. The Balaban J connectivity index is 1.58. The Labute approximate surface area is 131 Å². The second-order valence-corrected chi connectivity index (χ2v) is 6.87. The first-order valence-electron chi connectivity index (χ1n) is 8.31. The topological polar surface area (TPSA) is 51.0 Å². The van der Waals surface area contributed by atoms with E-state index < -0.39 is 0 Å². The van der Waals surface area contributed by atoms with Gasteiger partial charge in [-0.3, -0.25) is 0 Å². The van der Waals surface area contributed by atoms with Crippen molar-refractivity contribution in [2.24, 2.45) is 0 Å². The molecule has 4 rings (SSSR count). The highest BCUT2D eigenvalue weighted by Gasteiger charge is 2.59. The largest absolute Gasteiger partial charge is 0.339 e. The first-order chi connectivity index (χ1) is 10.7. The van der Waals surface area contributed by atoms with Gasteiger partial charge in [0.2, 0.25) is 5.89 Å². The third-order valence-corrected chi connectivity index (χ3v) is 5.46. The van der Waals surface area contributed by atoms with Crippen molar-refractivity contribution in [2.45, 2.75) is 56.4 Å². The van der Waals surface area contributed by atoms with Gasteiger partial charge in [-0.05, 0) is 50.8 Å². The fourth-order valence-electron chi connectivity index (χ4n) is 4.02. The zero-order chi connectivity index (χ0) is 15.2. The van der Waals surface area contributed by atoms with Gasteiger partial charge in [0.05, 0.1) is 0 Å². The molecule has 3 atom stereocenters. The maximum atomic E-state index is 5.59. The Morgan fingerprint density at radius 3 is 3.14 bits per heavy atom. The van der Waals surface area contributed by atoms with Crippen molar-refractivity contribution >= 4 is 0 Å². The van der Waals surface area contributed by atoms with Crippen LogP contribution in [0.15, 0.2) is 28.8 Å². The molecule has 1 aromatic heterocycles. The molecule has 0 saturated heterocycles. The van der Waals surface area contributed by atoms with Crippen LogP contribution in [0.2, 0.25) is 0 Å². The predicted molar refractivity (Wildman–Crippen MR) is 84.9 cm³/mol. The molecule has 0 aliphatic heterocycles. The summed E-state index contributed by atoms with van der Waals surface area (Å²) in [5, 5.41) is 7.39. The fraction of sp³-hybridized carbons (Fsp3) is 0.556. The standard InChI is InChI=1S/C18H23N3O/c1-12(19-2)10-16-20-17(22-21-16)15-11-18(15)9-5-7-13-6-3-4-8-14(13)18/h3-4,6,8,12,15,19H,5,7,9-11H2,1-2H3. The van der Waals surface area contributed by atoms with E-state index in [2.05, 4.69) is 46.6 Å². The number of likely N-dealkylation sites (N-methyl/N-ethyl adjacent to an activating group) is 1. The lowest BCUT2D eigenvalue weighted by atomic mass is 9.78. The van der Waals surface area contributed by atoms with Crippen LogP contribution in [-0.4, -0.2) is 23.2 Å². The fourth-order valence-corrected chi connectivity index (χ4v) is 4.02. The molecule has 22 heavy (non-hydrogen) atoms. The molecule has 0 radical (unpaired) electrons. The summed E-state index contributed by atoms with van der Waals surface area (Å²) in [5.41, 5.74) is 3.31. The number of hydrogen-bond acceptors (Lipinski definition) is 4. The molecule has 0 amide bonds. The van der Waals surface area contributed by atoms with Crippen LogP contribution >= 0.6 is 0 Å². The summed E-state index contributed by atoms with van der Waals surface area (Å²) in [6, 6.07) is 9.26. The number of rotatable bonds is 4. The van der Waals surface area contributed by atoms with Crippen molar-refractivity contribution in [3.63, 3.8) is 0 Å². The van der Waals surface area contributed by atoms with Gasteiger partial charge in [0.25, 0.3) is 0 Å². The van der Waals surface area contributed by atoms with E-state index in [4.69, 9.17) is 4.52 Å². The molecule has 1 spiro atoms. The molecule has 116 valence electrons. The van der Waals surface area contributed by atoms with Crippen LogP contribution in [0.3, 0.4) is 0 Å². The van der Waals surface area contributed by atoms with E-state index in [9.17, 15) is 0 Å². The van der Waals surface area contributed by atoms with Crippen LogP contribution in [0.4, 0.5) is 0 Å². The highest BCUT2D eigenvalue weighted by molar-refractivity contribution is 5.45. The van der Waals surface area contributed by atoms with E-state index in [1.807, 2.05) is 7.05 Å². The lowest BCUT2D eigenvalue weighted by molar-refractivity contribution is 0.361. The van der Waals surface area contributed by atoms with Crippen molar-refractivity contribution < 1.29 is 4.52 Å². The van der Waals surface area contributed by atoms with Gasteiger partial charge >= 0.3 is 0 Å². The van der Waals surface area contributed by atoms with Gasteiger partial charge in [-0.25, -0.2) is 0 Å². The Hall–Kier alpha value is -1.68. The molecule has 1 saturated carbocycles. The van der Waals surface area contributed by atoms with Gasteiger partial charge in [-0.15, -0.1) is 0 Å². The molecule has 1 fully saturated rings. The van der Waals surface area contributed by atoms with Gasteiger partial charge in [0.1, 0.15) is 0 Å². The van der Waals surface area contributed by atoms with Gasteiger partial charge in [0, 0.05) is 23.8 Å². The monoisotopic (exact) mass is 297 g/mol. The first kappa shape index (κ1) is 13.9. The summed E-state index contributed by atoms with van der Waals surface area (Å²) >= 11 is 0. The third-order valence-electron chi connectivity index (χ3n) is 5.46. The second kappa shape index (κ2) is 5.20. The highest BCUT2D eigenvalue weighted by atomic mass is 16.5. The summed E-state index contributed by atoms with van der Waals surface area (Å²) in [7, 11) is 1.96. The molecular formula is C18H23N3O. The molecule has 4 heteroatoms. The minimum absolute atomic E-state index is 0.271.